The van der Waals surface area contributed by atoms with Crippen molar-refractivity contribution in [2.24, 2.45) is 0 Å². The first-order valence-electron chi connectivity index (χ1n) is 7.27. The number of carbonyl (C=O) groups is 1. The first-order valence-corrected chi connectivity index (χ1v) is 8.35. The summed E-state index contributed by atoms with van der Waals surface area (Å²) in [6.07, 6.45) is 2.65. The van der Waals surface area contributed by atoms with Crippen LogP contribution in [0.2, 0.25) is 0 Å². The highest BCUT2D eigenvalue weighted by Gasteiger charge is 2.14. The minimum absolute atomic E-state index is 0.116. The number of nitrogens with one attached hydrogen (secondary N) is 1. The van der Waals surface area contributed by atoms with Crippen LogP contribution in [0.3, 0.4) is 0 Å². The lowest BCUT2D eigenvalue weighted by atomic mass is 10.1. The van der Waals surface area contributed by atoms with Gasteiger partial charge in [0.2, 0.25) is 5.91 Å². The minimum Gasteiger partial charge on any atom is -0.493 e. The van der Waals surface area contributed by atoms with Gasteiger partial charge in [0.15, 0.2) is 11.5 Å². The van der Waals surface area contributed by atoms with Crippen molar-refractivity contribution < 1.29 is 23.0 Å². The number of carbonyl (C=O) groups excluding carboxylic acids is 1. The van der Waals surface area contributed by atoms with E-state index in [1.807, 2.05) is 19.1 Å². The number of alkyl halides is 2. The molecule has 25 heavy (non-hydrogen) atoms. The quantitative estimate of drug-likeness (QED) is 0.496. The molecule has 0 aliphatic rings. The van der Waals surface area contributed by atoms with E-state index in [4.69, 9.17) is 4.74 Å². The number of halogens is 3. The Kier molecular flexibility index (Phi) is 6.74. The molecule has 0 aliphatic carbocycles. The Morgan fingerprint density at radius 3 is 2.68 bits per heavy atom. The van der Waals surface area contributed by atoms with Crippen LogP contribution in [0.15, 0.2) is 42.5 Å². The highest BCUT2D eigenvalue weighted by molar-refractivity contribution is 14.1. The SMILES string of the molecule is COc1cccc(/C=C/C(=O)Nc2ccc(I)cc2C)c1OC(F)F. The second kappa shape index (κ2) is 8.80. The first kappa shape index (κ1) is 19.2. The average Bonchev–Trinajstić information content (AvgIpc) is 2.56. The molecule has 7 heteroatoms. The molecule has 0 spiro atoms. The van der Waals surface area contributed by atoms with Gasteiger partial charge in [-0.3, -0.25) is 4.79 Å². The second-order valence-corrected chi connectivity index (χ2v) is 6.28. The number of ether oxygens (including phenoxy) is 2. The summed E-state index contributed by atoms with van der Waals surface area (Å²) in [5, 5.41) is 2.75. The van der Waals surface area contributed by atoms with Crippen molar-refractivity contribution in [2.75, 3.05) is 12.4 Å². The van der Waals surface area contributed by atoms with E-state index >= 15 is 0 Å². The number of rotatable bonds is 6. The molecule has 0 aliphatic heterocycles. The predicted octanol–water partition coefficient (Wildman–Crippen LogP) is 4.86. The zero-order valence-corrected chi connectivity index (χ0v) is 15.7. The number of hydrogen-bond acceptors (Lipinski definition) is 3. The van der Waals surface area contributed by atoms with Crippen LogP contribution in [0.4, 0.5) is 14.5 Å². The van der Waals surface area contributed by atoms with Crippen LogP contribution in [0, 0.1) is 10.5 Å². The third kappa shape index (κ3) is 5.42. The van der Waals surface area contributed by atoms with Crippen molar-refractivity contribution >= 4 is 40.3 Å². The number of amides is 1. The minimum atomic E-state index is -2.99. The summed E-state index contributed by atoms with van der Waals surface area (Å²) >= 11 is 2.19. The van der Waals surface area contributed by atoms with E-state index < -0.39 is 6.61 Å². The van der Waals surface area contributed by atoms with E-state index in [1.54, 1.807) is 18.2 Å². The number of methoxy groups -OCH3 is 1. The molecule has 2 aromatic rings. The van der Waals surface area contributed by atoms with Gasteiger partial charge in [0, 0.05) is 20.9 Å². The third-order valence-electron chi connectivity index (χ3n) is 3.30. The van der Waals surface area contributed by atoms with Gasteiger partial charge in [-0.2, -0.15) is 8.78 Å². The maximum absolute atomic E-state index is 12.6. The van der Waals surface area contributed by atoms with Crippen LogP contribution >= 0.6 is 22.6 Å². The summed E-state index contributed by atoms with van der Waals surface area (Å²) in [7, 11) is 1.35. The largest absolute Gasteiger partial charge is 0.493 e. The molecular weight excluding hydrogens is 443 g/mol. The molecule has 0 heterocycles. The van der Waals surface area contributed by atoms with Crippen LogP contribution in [-0.4, -0.2) is 19.6 Å². The summed E-state index contributed by atoms with van der Waals surface area (Å²) in [4.78, 5) is 12.1. The van der Waals surface area contributed by atoms with E-state index in [0.717, 1.165) is 9.13 Å². The normalized spacial score (nSPS) is 11.0. The van der Waals surface area contributed by atoms with Gasteiger partial charge in [0.05, 0.1) is 7.11 Å². The van der Waals surface area contributed by atoms with Gasteiger partial charge in [-0.1, -0.05) is 12.1 Å². The molecule has 4 nitrogen and oxygen atoms in total. The predicted molar refractivity (Wildman–Crippen MR) is 101 cm³/mol. The van der Waals surface area contributed by atoms with Gasteiger partial charge in [0.1, 0.15) is 0 Å². The smallest absolute Gasteiger partial charge is 0.387 e. The van der Waals surface area contributed by atoms with E-state index in [0.29, 0.717) is 11.3 Å². The Morgan fingerprint density at radius 2 is 2.04 bits per heavy atom. The van der Waals surface area contributed by atoms with Crippen molar-refractivity contribution in [3.63, 3.8) is 0 Å². The monoisotopic (exact) mass is 459 g/mol. The van der Waals surface area contributed by atoms with E-state index in [-0.39, 0.29) is 17.4 Å². The number of aryl methyl sites for hydroxylation is 1. The average molecular weight is 459 g/mol. The molecule has 0 saturated heterocycles. The van der Waals surface area contributed by atoms with Crippen LogP contribution in [0.25, 0.3) is 6.08 Å². The van der Waals surface area contributed by atoms with Crippen LogP contribution in [0.5, 0.6) is 11.5 Å². The number of benzene rings is 2. The fourth-order valence-corrected chi connectivity index (χ4v) is 2.79. The zero-order valence-electron chi connectivity index (χ0n) is 13.6. The number of anilines is 1. The van der Waals surface area contributed by atoms with Crippen molar-refractivity contribution in [2.45, 2.75) is 13.5 Å². The van der Waals surface area contributed by atoms with Gasteiger partial charge < -0.3 is 14.8 Å². The van der Waals surface area contributed by atoms with Gasteiger partial charge in [-0.25, -0.2) is 0 Å². The molecule has 0 saturated carbocycles. The Labute approximate surface area is 158 Å². The van der Waals surface area contributed by atoms with Crippen molar-refractivity contribution in [3.8, 4) is 11.5 Å². The topological polar surface area (TPSA) is 47.6 Å². The summed E-state index contributed by atoms with van der Waals surface area (Å²) in [6, 6.07) is 10.3. The van der Waals surface area contributed by atoms with E-state index in [1.165, 1.54) is 25.3 Å². The van der Waals surface area contributed by atoms with Gasteiger partial charge >= 0.3 is 6.61 Å². The van der Waals surface area contributed by atoms with Crippen molar-refractivity contribution in [1.82, 2.24) is 0 Å². The molecule has 0 bridgehead atoms. The van der Waals surface area contributed by atoms with E-state index in [9.17, 15) is 13.6 Å². The highest BCUT2D eigenvalue weighted by Crippen LogP contribution is 2.33. The fraction of sp³-hybridized carbons (Fsp3) is 0.167. The van der Waals surface area contributed by atoms with Crippen LogP contribution in [-0.2, 0) is 4.79 Å². The second-order valence-electron chi connectivity index (χ2n) is 5.04. The molecular formula is C18H16F2INO3. The lowest BCUT2D eigenvalue weighted by Crippen LogP contribution is -2.09. The molecule has 132 valence electrons. The molecule has 0 aromatic heterocycles. The Morgan fingerprint density at radius 1 is 1.28 bits per heavy atom. The molecule has 1 N–H and O–H groups in total. The molecule has 2 aromatic carbocycles. The Balaban J connectivity index is 2.19. The van der Waals surface area contributed by atoms with Crippen LogP contribution in [0.1, 0.15) is 11.1 Å². The van der Waals surface area contributed by atoms with E-state index in [2.05, 4.69) is 32.6 Å². The fourth-order valence-electron chi connectivity index (χ4n) is 2.15. The Bertz CT molecular complexity index is 794. The lowest BCUT2D eigenvalue weighted by molar-refractivity contribution is -0.111. The van der Waals surface area contributed by atoms with Gasteiger partial charge in [-0.05, 0) is 65.4 Å². The number of para-hydroxylation sites is 1. The molecule has 0 radical (unpaired) electrons. The summed E-state index contributed by atoms with van der Waals surface area (Å²) in [6.45, 7) is -1.11. The number of hydrogen-bond donors (Lipinski definition) is 1. The summed E-state index contributed by atoms with van der Waals surface area (Å²) in [5.74, 6) is -0.332. The maximum atomic E-state index is 12.6. The first-order chi connectivity index (χ1) is 11.9. The molecule has 0 fully saturated rings. The van der Waals surface area contributed by atoms with Gasteiger partial charge in [-0.15, -0.1) is 0 Å². The Hall–Kier alpha value is -2.16. The maximum Gasteiger partial charge on any atom is 0.387 e. The molecule has 2 rings (SSSR count). The lowest BCUT2D eigenvalue weighted by Gasteiger charge is -2.12. The summed E-state index contributed by atoms with van der Waals surface area (Å²) < 4.78 is 35.8. The molecule has 1 amide bonds. The molecule has 0 unspecified atom stereocenters. The van der Waals surface area contributed by atoms with Crippen molar-refractivity contribution in [1.29, 1.82) is 0 Å². The van der Waals surface area contributed by atoms with Crippen LogP contribution < -0.4 is 14.8 Å². The standard InChI is InChI=1S/C18H16F2INO3/c1-11-10-13(21)7-8-14(11)22-16(23)9-6-12-4-3-5-15(24-2)17(12)25-18(19)20/h3-10,18H,1-2H3,(H,22,23)/b9-6+. The zero-order chi connectivity index (χ0) is 18.4. The van der Waals surface area contributed by atoms with Crippen molar-refractivity contribution in [3.05, 3.63) is 57.2 Å². The highest BCUT2D eigenvalue weighted by atomic mass is 127. The van der Waals surface area contributed by atoms with Gasteiger partial charge in [0.25, 0.3) is 0 Å². The third-order valence-corrected chi connectivity index (χ3v) is 3.97. The summed E-state index contributed by atoms with van der Waals surface area (Å²) in [5.41, 5.74) is 1.93. The molecule has 0 atom stereocenters.